The summed E-state index contributed by atoms with van der Waals surface area (Å²) in [7, 11) is 0. The van der Waals surface area contributed by atoms with Gasteiger partial charge in [0.15, 0.2) is 0 Å². The summed E-state index contributed by atoms with van der Waals surface area (Å²) in [6.45, 7) is 20.9. The molecular formula is C53H61ClN4O4. The molecule has 0 saturated carbocycles. The highest BCUT2D eigenvalue weighted by atomic mass is 35.5. The molecule has 7 rings (SSSR count). The second-order valence-corrected chi connectivity index (χ2v) is 16.2. The molecule has 0 aliphatic carbocycles. The number of H-pyrrole nitrogens is 2. The van der Waals surface area contributed by atoms with Crippen molar-refractivity contribution in [3.05, 3.63) is 165 Å². The summed E-state index contributed by atoms with van der Waals surface area (Å²) >= 11 is 6.07. The normalized spacial score (nSPS) is 11.8. The van der Waals surface area contributed by atoms with E-state index in [4.69, 9.17) is 21.1 Å². The molecular weight excluding hydrogens is 792 g/mol. The van der Waals surface area contributed by atoms with Crippen LogP contribution in [-0.4, -0.2) is 71.0 Å². The van der Waals surface area contributed by atoms with Crippen molar-refractivity contribution in [2.24, 2.45) is 0 Å². The first-order chi connectivity index (χ1) is 30.0. The number of halogens is 1. The Balaban J connectivity index is 0.000000209. The highest BCUT2D eigenvalue weighted by Gasteiger charge is 2.22. The Hall–Kier alpha value is -5.67. The second-order valence-electron chi connectivity index (χ2n) is 15.8. The van der Waals surface area contributed by atoms with Crippen LogP contribution in [0.25, 0.3) is 32.9 Å². The van der Waals surface area contributed by atoms with Crippen LogP contribution in [0.5, 0.6) is 0 Å². The van der Waals surface area contributed by atoms with Crippen molar-refractivity contribution in [1.29, 1.82) is 0 Å². The third-order valence-corrected chi connectivity index (χ3v) is 12.0. The minimum absolute atomic E-state index is 0.234. The molecule has 2 aromatic heterocycles. The SMILES string of the molecule is CCN(CC)CCc1ccc2[nH]c(C)c(C(=O)OC(C)c3cccc(Cl)c3)c2c1.CCN(CC)CCc1ccc2[nH]c(C)c(C(=O)OCc3ccccc3-c3ccccc3)c2c1. The fourth-order valence-corrected chi connectivity index (χ4v) is 8.25. The molecule has 0 radical (unpaired) electrons. The Bertz CT molecular complexity index is 2570. The van der Waals surface area contributed by atoms with Gasteiger partial charge < -0.3 is 29.2 Å². The van der Waals surface area contributed by atoms with E-state index in [1.54, 1.807) is 0 Å². The number of esters is 2. The Morgan fingerprint density at radius 2 is 1.16 bits per heavy atom. The largest absolute Gasteiger partial charge is 0.457 e. The topological polar surface area (TPSA) is 90.7 Å². The monoisotopic (exact) mass is 852 g/mol. The highest BCUT2D eigenvalue weighted by molar-refractivity contribution is 6.30. The number of hydrogen-bond acceptors (Lipinski definition) is 6. The summed E-state index contributed by atoms with van der Waals surface area (Å²) in [6, 6.07) is 38.3. The Morgan fingerprint density at radius 3 is 1.71 bits per heavy atom. The molecule has 7 aromatic rings. The second kappa shape index (κ2) is 21.9. The Labute approximate surface area is 372 Å². The maximum atomic E-state index is 13.2. The van der Waals surface area contributed by atoms with Gasteiger partial charge in [0.05, 0.1) is 11.1 Å². The third kappa shape index (κ3) is 11.4. The van der Waals surface area contributed by atoms with Crippen LogP contribution in [0.4, 0.5) is 0 Å². The van der Waals surface area contributed by atoms with Gasteiger partial charge in [-0.1, -0.05) is 118 Å². The Kier molecular flexibility index (Phi) is 16.2. The van der Waals surface area contributed by atoms with E-state index in [1.165, 1.54) is 11.1 Å². The van der Waals surface area contributed by atoms with Crippen LogP contribution in [-0.2, 0) is 28.9 Å². The van der Waals surface area contributed by atoms with Crippen molar-refractivity contribution in [1.82, 2.24) is 19.8 Å². The van der Waals surface area contributed by atoms with E-state index in [9.17, 15) is 9.59 Å². The van der Waals surface area contributed by atoms with Gasteiger partial charge in [-0.15, -0.1) is 0 Å². The first kappa shape index (κ1) is 45.8. The molecule has 0 aliphatic heterocycles. The van der Waals surface area contributed by atoms with Crippen LogP contribution in [0.1, 0.15) is 95.1 Å². The maximum Gasteiger partial charge on any atom is 0.341 e. The lowest BCUT2D eigenvalue weighted by Crippen LogP contribution is -2.25. The van der Waals surface area contributed by atoms with E-state index in [2.05, 4.69) is 102 Å². The minimum atomic E-state index is -0.378. The molecule has 1 unspecified atom stereocenters. The van der Waals surface area contributed by atoms with Crippen molar-refractivity contribution in [3.8, 4) is 11.1 Å². The average Bonchev–Trinajstić information content (AvgIpc) is 3.80. The number of aromatic amines is 2. The van der Waals surface area contributed by atoms with Gasteiger partial charge in [-0.2, -0.15) is 0 Å². The molecule has 0 bridgehead atoms. The number of fused-ring (bicyclic) bond motifs is 2. The molecule has 0 spiro atoms. The molecule has 8 nitrogen and oxygen atoms in total. The van der Waals surface area contributed by atoms with Crippen molar-refractivity contribution in [2.75, 3.05) is 39.3 Å². The van der Waals surface area contributed by atoms with E-state index in [-0.39, 0.29) is 24.6 Å². The summed E-state index contributed by atoms with van der Waals surface area (Å²) in [4.78, 5) is 37.6. The summed E-state index contributed by atoms with van der Waals surface area (Å²) in [5.74, 6) is -0.607. The summed E-state index contributed by atoms with van der Waals surface area (Å²) in [5.41, 5.74) is 11.4. The van der Waals surface area contributed by atoms with E-state index in [0.29, 0.717) is 16.1 Å². The lowest BCUT2D eigenvalue weighted by atomic mass is 10.0. The van der Waals surface area contributed by atoms with Gasteiger partial charge in [-0.05, 0) is 130 Å². The number of nitrogens with one attached hydrogen (secondary N) is 2. The van der Waals surface area contributed by atoms with Gasteiger partial charge in [0.2, 0.25) is 0 Å². The predicted octanol–water partition coefficient (Wildman–Crippen LogP) is 12.3. The van der Waals surface area contributed by atoms with Gasteiger partial charge in [-0.25, -0.2) is 9.59 Å². The zero-order valence-electron chi connectivity index (χ0n) is 37.3. The van der Waals surface area contributed by atoms with Crippen LogP contribution in [0.3, 0.4) is 0 Å². The van der Waals surface area contributed by atoms with E-state index in [1.807, 2.05) is 81.4 Å². The number of aryl methyl sites for hydroxylation is 2. The summed E-state index contributed by atoms with van der Waals surface area (Å²) in [5, 5.41) is 2.49. The first-order valence-electron chi connectivity index (χ1n) is 22.0. The fraction of sp³-hybridized carbons (Fsp3) is 0.321. The summed E-state index contributed by atoms with van der Waals surface area (Å²) in [6.07, 6.45) is 1.53. The van der Waals surface area contributed by atoms with Crippen LogP contribution in [0.2, 0.25) is 5.02 Å². The van der Waals surface area contributed by atoms with E-state index in [0.717, 1.165) is 108 Å². The number of aromatic nitrogens is 2. The van der Waals surface area contributed by atoms with Crippen LogP contribution < -0.4 is 0 Å². The number of benzene rings is 5. The molecule has 62 heavy (non-hydrogen) atoms. The van der Waals surface area contributed by atoms with Gasteiger partial charge in [0, 0.05) is 51.3 Å². The van der Waals surface area contributed by atoms with Crippen LogP contribution in [0.15, 0.2) is 115 Å². The smallest absolute Gasteiger partial charge is 0.341 e. The number of ether oxygens (including phenoxy) is 2. The van der Waals surface area contributed by atoms with E-state index >= 15 is 0 Å². The van der Waals surface area contributed by atoms with E-state index < -0.39 is 0 Å². The molecule has 324 valence electrons. The molecule has 5 aromatic carbocycles. The molecule has 9 heteroatoms. The van der Waals surface area contributed by atoms with Crippen LogP contribution in [0, 0.1) is 13.8 Å². The van der Waals surface area contributed by atoms with Crippen molar-refractivity contribution < 1.29 is 19.1 Å². The number of nitrogens with zero attached hydrogens (tertiary/aromatic N) is 2. The standard InChI is InChI=1S/C29H32N2O2.C24H29ClN2O2/c1-4-31(5-2)18-17-22-15-16-27-26(19-22)28(21(3)30-27)29(32)33-20-24-13-9-10-14-25(24)23-11-7-6-8-12-23;1-5-27(6-2)13-12-18-10-11-22-21(14-18)23(16(3)26-22)24(28)29-17(4)19-8-7-9-20(25)15-19/h6-16,19,30H,4-5,17-18,20H2,1-3H3;7-11,14-15,17,26H,5-6,12-13H2,1-4H3. The zero-order chi connectivity index (χ0) is 44.2. The maximum absolute atomic E-state index is 13.2. The minimum Gasteiger partial charge on any atom is -0.457 e. The molecule has 0 fully saturated rings. The molecule has 0 saturated heterocycles. The van der Waals surface area contributed by atoms with Crippen molar-refractivity contribution in [2.45, 2.75) is 74.0 Å². The van der Waals surface area contributed by atoms with Gasteiger partial charge in [-0.3, -0.25) is 0 Å². The Morgan fingerprint density at radius 1 is 0.629 bits per heavy atom. The quantitative estimate of drug-likeness (QED) is 0.0887. The third-order valence-electron chi connectivity index (χ3n) is 11.8. The van der Waals surface area contributed by atoms with Crippen molar-refractivity contribution >= 4 is 45.3 Å². The number of rotatable bonds is 17. The lowest BCUT2D eigenvalue weighted by Gasteiger charge is -2.17. The summed E-state index contributed by atoms with van der Waals surface area (Å²) < 4.78 is 11.6. The van der Waals surface area contributed by atoms with Crippen LogP contribution >= 0.6 is 11.6 Å². The number of likely N-dealkylation sites (N-methyl/N-ethyl adjacent to an activating group) is 2. The zero-order valence-corrected chi connectivity index (χ0v) is 38.1. The molecule has 0 amide bonds. The van der Waals surface area contributed by atoms with Gasteiger partial charge >= 0.3 is 11.9 Å². The lowest BCUT2D eigenvalue weighted by molar-refractivity contribution is 0.0339. The molecule has 2 heterocycles. The van der Waals surface area contributed by atoms with Gasteiger partial charge in [0.25, 0.3) is 0 Å². The molecule has 0 aliphatic rings. The predicted molar refractivity (Wildman–Crippen MR) is 255 cm³/mol. The molecule has 2 N–H and O–H groups in total. The highest BCUT2D eigenvalue weighted by Crippen LogP contribution is 2.30. The fourth-order valence-electron chi connectivity index (χ4n) is 8.05. The molecule has 1 atom stereocenters. The van der Waals surface area contributed by atoms with Gasteiger partial charge in [0.1, 0.15) is 12.7 Å². The van der Waals surface area contributed by atoms with Crippen molar-refractivity contribution in [3.63, 3.8) is 0 Å². The number of carbonyl (C=O) groups excluding carboxylic acids is 2. The first-order valence-corrected chi connectivity index (χ1v) is 22.3. The average molecular weight is 854 g/mol. The number of carbonyl (C=O) groups is 2. The number of hydrogen-bond donors (Lipinski definition) is 2.